The first-order valence-corrected chi connectivity index (χ1v) is 5.58. The number of urea groups is 1. The van der Waals surface area contributed by atoms with Crippen molar-refractivity contribution < 1.29 is 9.59 Å². The fourth-order valence-electron chi connectivity index (χ4n) is 1.82. The monoisotopic (exact) mass is 262 g/mol. The second-order valence-electron chi connectivity index (χ2n) is 3.35. The number of carbonyl (C=O) groups is 2. The summed E-state index contributed by atoms with van der Waals surface area (Å²) in [5, 5.41) is 0. The third-order valence-corrected chi connectivity index (χ3v) is 3.89. The molecule has 3 amide bonds. The average molecular weight is 263 g/mol. The van der Waals surface area contributed by atoms with Gasteiger partial charge in [-0.15, -0.1) is 0 Å². The van der Waals surface area contributed by atoms with Gasteiger partial charge in [-0.25, -0.2) is 8.72 Å². The standard InChI is InChI=1S/C9H15BrN2O2/c1-4-9(5-2)7(13)11(6-3)8(14)12(9)10/h4-6H2,1-3H3. The Morgan fingerprint density at radius 2 is 1.71 bits per heavy atom. The molecule has 0 saturated carbocycles. The van der Waals surface area contributed by atoms with E-state index in [1.54, 1.807) is 6.92 Å². The lowest BCUT2D eigenvalue weighted by Gasteiger charge is -2.27. The van der Waals surface area contributed by atoms with Gasteiger partial charge in [-0.2, -0.15) is 0 Å². The number of carbonyl (C=O) groups excluding carboxylic acids is 2. The molecule has 0 aromatic carbocycles. The van der Waals surface area contributed by atoms with E-state index in [1.807, 2.05) is 13.8 Å². The van der Waals surface area contributed by atoms with Crippen LogP contribution in [0.5, 0.6) is 0 Å². The molecule has 14 heavy (non-hydrogen) atoms. The zero-order valence-electron chi connectivity index (χ0n) is 8.71. The van der Waals surface area contributed by atoms with E-state index in [2.05, 4.69) is 16.1 Å². The number of nitrogens with zero attached hydrogens (tertiary/aromatic N) is 2. The van der Waals surface area contributed by atoms with Gasteiger partial charge in [0, 0.05) is 6.54 Å². The van der Waals surface area contributed by atoms with Gasteiger partial charge in [-0.3, -0.25) is 9.69 Å². The second-order valence-corrected chi connectivity index (χ2v) is 4.06. The Bertz CT molecular complexity index is 264. The summed E-state index contributed by atoms with van der Waals surface area (Å²) in [7, 11) is 0. The molecule has 0 atom stereocenters. The maximum Gasteiger partial charge on any atom is 0.337 e. The molecule has 0 aromatic rings. The maximum absolute atomic E-state index is 12.0. The highest BCUT2D eigenvalue weighted by molar-refractivity contribution is 9.07. The van der Waals surface area contributed by atoms with Crippen LogP contribution in [0.15, 0.2) is 0 Å². The summed E-state index contributed by atoms with van der Waals surface area (Å²) in [6.07, 6.45) is 1.27. The Labute approximate surface area is 92.6 Å². The van der Waals surface area contributed by atoms with E-state index >= 15 is 0 Å². The second kappa shape index (κ2) is 3.88. The van der Waals surface area contributed by atoms with Crippen LogP contribution in [0, 0.1) is 0 Å². The molecule has 0 bridgehead atoms. The van der Waals surface area contributed by atoms with Crippen molar-refractivity contribution in [3.05, 3.63) is 0 Å². The number of amides is 3. The number of likely N-dealkylation sites (N-methyl/N-ethyl adjacent to an activating group) is 1. The van der Waals surface area contributed by atoms with Gasteiger partial charge in [0.25, 0.3) is 5.91 Å². The topological polar surface area (TPSA) is 40.6 Å². The summed E-state index contributed by atoms with van der Waals surface area (Å²) < 4.78 is 1.39. The highest BCUT2D eigenvalue weighted by atomic mass is 79.9. The van der Waals surface area contributed by atoms with Gasteiger partial charge < -0.3 is 0 Å². The van der Waals surface area contributed by atoms with Crippen LogP contribution in [0.3, 0.4) is 0 Å². The van der Waals surface area contributed by atoms with Crippen LogP contribution in [-0.2, 0) is 4.79 Å². The molecule has 0 radical (unpaired) electrons. The average Bonchev–Trinajstić information content (AvgIpc) is 2.37. The van der Waals surface area contributed by atoms with Crippen molar-refractivity contribution in [3.63, 3.8) is 0 Å². The summed E-state index contributed by atoms with van der Waals surface area (Å²) >= 11 is 3.19. The summed E-state index contributed by atoms with van der Waals surface area (Å²) in [6.45, 7) is 6.07. The van der Waals surface area contributed by atoms with Crippen molar-refractivity contribution in [2.45, 2.75) is 39.2 Å². The number of halogens is 1. The van der Waals surface area contributed by atoms with E-state index in [1.165, 1.54) is 8.83 Å². The molecule has 0 spiro atoms. The van der Waals surface area contributed by atoms with E-state index in [0.29, 0.717) is 19.4 Å². The van der Waals surface area contributed by atoms with Gasteiger partial charge in [-0.05, 0) is 19.8 Å². The van der Waals surface area contributed by atoms with Gasteiger partial charge in [0.05, 0.1) is 16.1 Å². The van der Waals surface area contributed by atoms with Crippen molar-refractivity contribution in [3.8, 4) is 0 Å². The molecular formula is C9H15BrN2O2. The molecule has 0 aliphatic carbocycles. The first-order chi connectivity index (χ1) is 6.55. The molecule has 5 heteroatoms. The lowest BCUT2D eigenvalue weighted by molar-refractivity contribution is -0.132. The first kappa shape index (κ1) is 11.5. The molecule has 0 N–H and O–H groups in total. The number of hydrogen-bond donors (Lipinski definition) is 0. The molecular weight excluding hydrogens is 248 g/mol. The van der Waals surface area contributed by atoms with Crippen LogP contribution in [-0.4, -0.2) is 32.8 Å². The zero-order chi connectivity index (χ0) is 10.9. The Morgan fingerprint density at radius 3 is 1.93 bits per heavy atom. The van der Waals surface area contributed by atoms with Gasteiger partial charge >= 0.3 is 6.03 Å². The normalized spacial score (nSPS) is 20.9. The van der Waals surface area contributed by atoms with E-state index in [4.69, 9.17) is 0 Å². The molecule has 1 aliphatic rings. The van der Waals surface area contributed by atoms with Gasteiger partial charge in [0.15, 0.2) is 0 Å². The fraction of sp³-hybridized carbons (Fsp3) is 0.778. The van der Waals surface area contributed by atoms with Crippen molar-refractivity contribution >= 4 is 28.1 Å². The lowest BCUT2D eigenvalue weighted by atomic mass is 9.93. The molecule has 80 valence electrons. The maximum atomic E-state index is 12.0. The van der Waals surface area contributed by atoms with Crippen LogP contribution < -0.4 is 0 Å². The van der Waals surface area contributed by atoms with Crippen LogP contribution in [0.1, 0.15) is 33.6 Å². The number of hydrogen-bond acceptors (Lipinski definition) is 2. The molecule has 1 rings (SSSR count). The van der Waals surface area contributed by atoms with E-state index in [0.717, 1.165) is 0 Å². The minimum absolute atomic E-state index is 0.0909. The Morgan fingerprint density at radius 1 is 1.21 bits per heavy atom. The van der Waals surface area contributed by atoms with Crippen molar-refractivity contribution in [2.24, 2.45) is 0 Å². The molecule has 0 aromatic heterocycles. The van der Waals surface area contributed by atoms with Crippen molar-refractivity contribution in [1.82, 2.24) is 8.83 Å². The minimum Gasteiger partial charge on any atom is -0.272 e. The summed E-state index contributed by atoms with van der Waals surface area (Å²) in [4.78, 5) is 24.9. The quantitative estimate of drug-likeness (QED) is 0.578. The Kier molecular flexibility index (Phi) is 3.19. The number of imide groups is 1. The van der Waals surface area contributed by atoms with Gasteiger partial charge in [-0.1, -0.05) is 13.8 Å². The Balaban J connectivity index is 3.10. The molecule has 1 fully saturated rings. The van der Waals surface area contributed by atoms with Crippen LogP contribution in [0.4, 0.5) is 4.79 Å². The highest BCUT2D eigenvalue weighted by Gasteiger charge is 2.53. The summed E-state index contributed by atoms with van der Waals surface area (Å²) in [6, 6.07) is -0.249. The molecule has 1 aliphatic heterocycles. The van der Waals surface area contributed by atoms with Crippen molar-refractivity contribution in [1.29, 1.82) is 0 Å². The largest absolute Gasteiger partial charge is 0.337 e. The number of rotatable bonds is 3. The highest BCUT2D eigenvalue weighted by Crippen LogP contribution is 2.36. The molecule has 0 unspecified atom stereocenters. The van der Waals surface area contributed by atoms with Crippen molar-refractivity contribution in [2.75, 3.05) is 6.54 Å². The fourth-order valence-corrected chi connectivity index (χ4v) is 2.66. The third-order valence-electron chi connectivity index (χ3n) is 2.90. The molecule has 1 heterocycles. The first-order valence-electron chi connectivity index (χ1n) is 4.87. The SMILES string of the molecule is CCN1C(=O)N(Br)C(CC)(CC)C1=O. The molecule has 4 nitrogen and oxygen atoms in total. The predicted octanol–water partition coefficient (Wildman–Crippen LogP) is 2.14. The van der Waals surface area contributed by atoms with Crippen LogP contribution >= 0.6 is 16.1 Å². The van der Waals surface area contributed by atoms with E-state index < -0.39 is 5.54 Å². The minimum atomic E-state index is -0.674. The van der Waals surface area contributed by atoms with Crippen LogP contribution in [0.2, 0.25) is 0 Å². The third kappa shape index (κ3) is 1.26. The van der Waals surface area contributed by atoms with Crippen LogP contribution in [0.25, 0.3) is 0 Å². The lowest BCUT2D eigenvalue weighted by Crippen LogP contribution is -2.44. The van der Waals surface area contributed by atoms with E-state index in [-0.39, 0.29) is 11.9 Å². The predicted molar refractivity (Wildman–Crippen MR) is 56.9 cm³/mol. The van der Waals surface area contributed by atoms with Gasteiger partial charge in [0.2, 0.25) is 0 Å². The summed E-state index contributed by atoms with van der Waals surface area (Å²) in [5.74, 6) is -0.0909. The van der Waals surface area contributed by atoms with Gasteiger partial charge in [0.1, 0.15) is 5.54 Å². The smallest absolute Gasteiger partial charge is 0.272 e. The molecule has 1 saturated heterocycles. The van der Waals surface area contributed by atoms with E-state index in [9.17, 15) is 9.59 Å². The summed E-state index contributed by atoms with van der Waals surface area (Å²) in [5.41, 5.74) is -0.674. The zero-order valence-corrected chi connectivity index (χ0v) is 10.3. The Hall–Kier alpha value is -0.580.